The number of aromatic nitrogens is 2. The van der Waals surface area contributed by atoms with E-state index in [1.54, 1.807) is 0 Å². The summed E-state index contributed by atoms with van der Waals surface area (Å²) in [5.74, 6) is 0. The molecule has 1 aliphatic rings. The van der Waals surface area contributed by atoms with Gasteiger partial charge in [0.1, 0.15) is 0 Å². The predicted molar refractivity (Wildman–Crippen MR) is 57.1 cm³/mol. The lowest BCUT2D eigenvalue weighted by atomic mass is 10.0. The number of nitrogens with two attached hydrogens (primary N) is 1. The Balaban J connectivity index is 2.18. The van der Waals surface area contributed by atoms with Gasteiger partial charge in [0.25, 0.3) is 0 Å². The van der Waals surface area contributed by atoms with Crippen molar-refractivity contribution in [3.05, 3.63) is 29.9 Å². The standard InChI is InChI=1S/C11H17N3/c1-9(6-12)7-14-8-13-10-4-2-3-5-11(10)14/h8H,1-7,12H2. The maximum atomic E-state index is 5.53. The zero-order chi connectivity index (χ0) is 9.97. The van der Waals surface area contributed by atoms with Gasteiger partial charge in [0.05, 0.1) is 12.0 Å². The van der Waals surface area contributed by atoms with E-state index < -0.39 is 0 Å². The summed E-state index contributed by atoms with van der Waals surface area (Å²) < 4.78 is 2.20. The van der Waals surface area contributed by atoms with Gasteiger partial charge < -0.3 is 10.3 Å². The summed E-state index contributed by atoms with van der Waals surface area (Å²) in [6.45, 7) is 5.32. The highest BCUT2D eigenvalue weighted by Gasteiger charge is 2.14. The number of fused-ring (bicyclic) bond motifs is 1. The first kappa shape index (κ1) is 9.46. The molecular weight excluding hydrogens is 174 g/mol. The topological polar surface area (TPSA) is 43.8 Å². The number of hydrogen-bond acceptors (Lipinski definition) is 2. The first-order valence-corrected chi connectivity index (χ1v) is 5.21. The van der Waals surface area contributed by atoms with Crippen molar-refractivity contribution >= 4 is 0 Å². The fourth-order valence-corrected chi connectivity index (χ4v) is 1.97. The van der Waals surface area contributed by atoms with Crippen LogP contribution in [-0.4, -0.2) is 16.1 Å². The van der Waals surface area contributed by atoms with E-state index in [1.165, 1.54) is 24.2 Å². The normalized spacial score (nSPS) is 15.2. The van der Waals surface area contributed by atoms with E-state index in [4.69, 9.17) is 5.73 Å². The summed E-state index contributed by atoms with van der Waals surface area (Å²) >= 11 is 0. The third kappa shape index (κ3) is 1.73. The van der Waals surface area contributed by atoms with Gasteiger partial charge in [-0.25, -0.2) is 4.98 Å². The molecule has 2 N–H and O–H groups in total. The molecule has 0 saturated carbocycles. The maximum absolute atomic E-state index is 5.53. The average molecular weight is 191 g/mol. The molecule has 0 fully saturated rings. The Hall–Kier alpha value is -1.09. The minimum absolute atomic E-state index is 0.562. The largest absolute Gasteiger partial charge is 0.330 e. The minimum atomic E-state index is 0.562. The second-order valence-corrected chi connectivity index (χ2v) is 3.93. The molecule has 0 radical (unpaired) electrons. The Bertz CT molecular complexity index is 338. The molecule has 0 saturated heterocycles. The summed E-state index contributed by atoms with van der Waals surface area (Å²) in [5.41, 5.74) is 9.27. The van der Waals surface area contributed by atoms with Crippen molar-refractivity contribution in [3.8, 4) is 0 Å². The molecule has 0 unspecified atom stereocenters. The third-order valence-electron chi connectivity index (χ3n) is 2.79. The number of hydrogen-bond donors (Lipinski definition) is 1. The van der Waals surface area contributed by atoms with E-state index in [1.807, 2.05) is 6.33 Å². The summed E-state index contributed by atoms with van der Waals surface area (Å²) in [6, 6.07) is 0. The SMILES string of the molecule is C=C(CN)Cn1cnc2c1CCCC2. The van der Waals surface area contributed by atoms with Crippen molar-refractivity contribution < 1.29 is 0 Å². The van der Waals surface area contributed by atoms with Crippen LogP contribution in [0.15, 0.2) is 18.5 Å². The van der Waals surface area contributed by atoms with Crippen LogP contribution in [0.25, 0.3) is 0 Å². The minimum Gasteiger partial charge on any atom is -0.330 e. The summed E-state index contributed by atoms with van der Waals surface area (Å²) in [4.78, 5) is 4.43. The van der Waals surface area contributed by atoms with E-state index in [2.05, 4.69) is 16.1 Å². The zero-order valence-electron chi connectivity index (χ0n) is 8.50. The molecule has 2 rings (SSSR count). The van der Waals surface area contributed by atoms with Gasteiger partial charge in [0.2, 0.25) is 0 Å². The smallest absolute Gasteiger partial charge is 0.0954 e. The zero-order valence-corrected chi connectivity index (χ0v) is 8.50. The van der Waals surface area contributed by atoms with E-state index >= 15 is 0 Å². The van der Waals surface area contributed by atoms with Crippen LogP contribution in [0.5, 0.6) is 0 Å². The summed E-state index contributed by atoms with van der Waals surface area (Å²) in [6.07, 6.45) is 6.79. The molecule has 3 nitrogen and oxygen atoms in total. The van der Waals surface area contributed by atoms with Crippen LogP contribution in [-0.2, 0) is 19.4 Å². The molecular formula is C11H17N3. The first-order valence-electron chi connectivity index (χ1n) is 5.21. The highest BCUT2D eigenvalue weighted by Crippen LogP contribution is 2.20. The molecule has 76 valence electrons. The molecule has 0 aliphatic heterocycles. The van der Waals surface area contributed by atoms with Crippen LogP contribution in [0.3, 0.4) is 0 Å². The van der Waals surface area contributed by atoms with Crippen LogP contribution in [0.4, 0.5) is 0 Å². The molecule has 1 aliphatic carbocycles. The molecule has 14 heavy (non-hydrogen) atoms. The van der Waals surface area contributed by atoms with Crippen molar-refractivity contribution in [1.29, 1.82) is 0 Å². The highest BCUT2D eigenvalue weighted by atomic mass is 15.1. The lowest BCUT2D eigenvalue weighted by molar-refractivity contribution is 0.624. The number of rotatable bonds is 3. The lowest BCUT2D eigenvalue weighted by Crippen LogP contribution is -2.12. The molecule has 1 aromatic heterocycles. The van der Waals surface area contributed by atoms with Crippen LogP contribution in [0.2, 0.25) is 0 Å². The Kier molecular flexibility index (Phi) is 2.68. The lowest BCUT2D eigenvalue weighted by Gasteiger charge is -2.14. The summed E-state index contributed by atoms with van der Waals surface area (Å²) in [7, 11) is 0. The fraction of sp³-hybridized carbons (Fsp3) is 0.545. The van der Waals surface area contributed by atoms with E-state index in [9.17, 15) is 0 Å². The second kappa shape index (κ2) is 3.96. The van der Waals surface area contributed by atoms with E-state index in [0.29, 0.717) is 6.54 Å². The van der Waals surface area contributed by atoms with Gasteiger partial charge in [-0.1, -0.05) is 6.58 Å². The Labute approximate surface area is 84.6 Å². The molecule has 0 spiro atoms. The van der Waals surface area contributed by atoms with Crippen LogP contribution >= 0.6 is 0 Å². The maximum Gasteiger partial charge on any atom is 0.0954 e. The molecule has 0 atom stereocenters. The van der Waals surface area contributed by atoms with Crippen molar-refractivity contribution in [2.75, 3.05) is 6.54 Å². The molecule has 0 amide bonds. The van der Waals surface area contributed by atoms with Crippen molar-refractivity contribution in [2.24, 2.45) is 5.73 Å². The fourth-order valence-electron chi connectivity index (χ4n) is 1.97. The Morgan fingerprint density at radius 3 is 3.07 bits per heavy atom. The van der Waals surface area contributed by atoms with Gasteiger partial charge in [-0.3, -0.25) is 0 Å². The van der Waals surface area contributed by atoms with Gasteiger partial charge in [0, 0.05) is 18.8 Å². The van der Waals surface area contributed by atoms with Gasteiger partial charge in [-0.2, -0.15) is 0 Å². The van der Waals surface area contributed by atoms with Gasteiger partial charge in [-0.05, 0) is 31.3 Å². The number of aryl methyl sites for hydroxylation is 1. The van der Waals surface area contributed by atoms with Crippen LogP contribution in [0, 0.1) is 0 Å². The van der Waals surface area contributed by atoms with Crippen molar-refractivity contribution in [1.82, 2.24) is 9.55 Å². The monoisotopic (exact) mass is 191 g/mol. The Morgan fingerprint density at radius 2 is 2.29 bits per heavy atom. The first-order chi connectivity index (χ1) is 6.81. The highest BCUT2D eigenvalue weighted by molar-refractivity contribution is 5.17. The number of nitrogens with zero attached hydrogens (tertiary/aromatic N) is 2. The van der Waals surface area contributed by atoms with E-state index in [0.717, 1.165) is 25.0 Å². The predicted octanol–water partition coefficient (Wildman–Crippen LogP) is 1.28. The number of imidazole rings is 1. The van der Waals surface area contributed by atoms with Crippen LogP contribution < -0.4 is 5.73 Å². The molecule has 0 bridgehead atoms. The second-order valence-electron chi connectivity index (χ2n) is 3.93. The van der Waals surface area contributed by atoms with Crippen molar-refractivity contribution in [2.45, 2.75) is 32.2 Å². The average Bonchev–Trinajstić information content (AvgIpc) is 2.62. The Morgan fingerprint density at radius 1 is 1.50 bits per heavy atom. The quantitative estimate of drug-likeness (QED) is 0.731. The molecule has 3 heteroatoms. The molecule has 1 heterocycles. The molecule has 1 aromatic rings. The van der Waals surface area contributed by atoms with Crippen LogP contribution in [0.1, 0.15) is 24.2 Å². The van der Waals surface area contributed by atoms with Crippen molar-refractivity contribution in [3.63, 3.8) is 0 Å². The molecule has 0 aromatic carbocycles. The summed E-state index contributed by atoms with van der Waals surface area (Å²) in [5, 5.41) is 0. The van der Waals surface area contributed by atoms with Gasteiger partial charge in [0.15, 0.2) is 0 Å². The van der Waals surface area contributed by atoms with E-state index in [-0.39, 0.29) is 0 Å². The third-order valence-corrected chi connectivity index (χ3v) is 2.79. The van der Waals surface area contributed by atoms with Gasteiger partial charge in [-0.15, -0.1) is 0 Å². The van der Waals surface area contributed by atoms with Gasteiger partial charge >= 0.3 is 0 Å².